The molecule has 1 atom stereocenters. The van der Waals surface area contributed by atoms with Gasteiger partial charge in [0.2, 0.25) is 0 Å². The van der Waals surface area contributed by atoms with Crippen LogP contribution in [0.1, 0.15) is 20.3 Å². The largest absolute Gasteiger partial charge is 0.482 e. The number of halogens is 2. The summed E-state index contributed by atoms with van der Waals surface area (Å²) in [7, 11) is 0. The number of aliphatic hydroxyl groups is 1. The number of hydrogen-bond donors (Lipinski definition) is 2. The zero-order chi connectivity index (χ0) is 14.5. The molecule has 19 heavy (non-hydrogen) atoms. The Bertz CT molecular complexity index is 448. The molecule has 0 heterocycles. The van der Waals surface area contributed by atoms with E-state index < -0.39 is 5.54 Å². The van der Waals surface area contributed by atoms with Crippen LogP contribution >= 0.6 is 23.2 Å². The predicted octanol–water partition coefficient (Wildman–Crippen LogP) is 2.65. The number of hydrogen-bond acceptors (Lipinski definition) is 3. The van der Waals surface area contributed by atoms with Crippen LogP contribution in [0.3, 0.4) is 0 Å². The first kappa shape index (κ1) is 16.1. The second-order valence-electron chi connectivity index (χ2n) is 4.48. The molecular weight excluding hydrogens is 289 g/mol. The summed E-state index contributed by atoms with van der Waals surface area (Å²) >= 11 is 11.7. The van der Waals surface area contributed by atoms with Gasteiger partial charge in [0.05, 0.1) is 17.2 Å². The lowest BCUT2D eigenvalue weighted by atomic mass is 10.0. The molecule has 0 radical (unpaired) electrons. The highest BCUT2D eigenvalue weighted by molar-refractivity contribution is 6.35. The number of aliphatic hydroxyl groups excluding tert-OH is 1. The normalized spacial score (nSPS) is 13.7. The van der Waals surface area contributed by atoms with Gasteiger partial charge in [-0.25, -0.2) is 0 Å². The standard InChI is InChI=1S/C13H17Cl2NO3/c1-3-13(2,8-17)16-12(18)7-19-11-5-4-9(14)6-10(11)15/h4-6,17H,3,7-8H2,1-2H3,(H,16,18). The van der Waals surface area contributed by atoms with Gasteiger partial charge in [-0.05, 0) is 31.5 Å². The van der Waals surface area contributed by atoms with Crippen molar-refractivity contribution in [3.63, 3.8) is 0 Å². The average molecular weight is 306 g/mol. The maximum Gasteiger partial charge on any atom is 0.258 e. The Labute approximate surface area is 122 Å². The number of rotatable bonds is 6. The minimum absolute atomic E-state index is 0.128. The Morgan fingerprint density at radius 1 is 1.47 bits per heavy atom. The molecule has 0 aliphatic heterocycles. The molecule has 0 aromatic heterocycles. The summed E-state index contributed by atoms with van der Waals surface area (Å²) in [5.74, 6) is 0.0767. The lowest BCUT2D eigenvalue weighted by molar-refractivity contribution is -0.125. The molecule has 1 amide bonds. The molecule has 1 rings (SSSR count). The SMILES string of the molecule is CCC(C)(CO)NC(=O)COc1ccc(Cl)cc1Cl. The molecule has 106 valence electrons. The topological polar surface area (TPSA) is 58.6 Å². The van der Waals surface area contributed by atoms with Crippen molar-refractivity contribution >= 4 is 29.1 Å². The molecule has 6 heteroatoms. The van der Waals surface area contributed by atoms with E-state index in [2.05, 4.69) is 5.32 Å². The molecule has 0 spiro atoms. The zero-order valence-electron chi connectivity index (χ0n) is 10.9. The van der Waals surface area contributed by atoms with Crippen LogP contribution in [0.25, 0.3) is 0 Å². The zero-order valence-corrected chi connectivity index (χ0v) is 12.4. The maximum absolute atomic E-state index is 11.7. The van der Waals surface area contributed by atoms with Crippen molar-refractivity contribution < 1.29 is 14.6 Å². The smallest absolute Gasteiger partial charge is 0.258 e. The van der Waals surface area contributed by atoms with Crippen molar-refractivity contribution in [2.24, 2.45) is 0 Å². The molecule has 0 bridgehead atoms. The fraction of sp³-hybridized carbons (Fsp3) is 0.462. The third-order valence-electron chi connectivity index (χ3n) is 2.82. The van der Waals surface area contributed by atoms with Gasteiger partial charge < -0.3 is 15.2 Å². The fourth-order valence-electron chi connectivity index (χ4n) is 1.35. The number of ether oxygens (including phenoxy) is 1. The van der Waals surface area contributed by atoms with E-state index in [0.717, 1.165) is 0 Å². The van der Waals surface area contributed by atoms with Crippen LogP contribution in [0, 0.1) is 0 Å². The Balaban J connectivity index is 2.55. The molecule has 1 aromatic carbocycles. The number of nitrogens with one attached hydrogen (secondary N) is 1. The molecule has 0 fully saturated rings. The Hall–Kier alpha value is -0.970. The van der Waals surface area contributed by atoms with Crippen molar-refractivity contribution in [3.8, 4) is 5.75 Å². The van der Waals surface area contributed by atoms with E-state index in [1.807, 2.05) is 6.92 Å². The first-order chi connectivity index (χ1) is 8.90. The molecule has 0 aliphatic rings. The Morgan fingerprint density at radius 2 is 2.16 bits per heavy atom. The number of carbonyl (C=O) groups is 1. The number of benzene rings is 1. The minimum Gasteiger partial charge on any atom is -0.482 e. The van der Waals surface area contributed by atoms with Gasteiger partial charge in [0.25, 0.3) is 5.91 Å². The monoisotopic (exact) mass is 305 g/mol. The van der Waals surface area contributed by atoms with Crippen molar-refractivity contribution in [2.75, 3.05) is 13.2 Å². The number of amides is 1. The van der Waals surface area contributed by atoms with Crippen LogP contribution in [-0.4, -0.2) is 29.8 Å². The highest BCUT2D eigenvalue weighted by Gasteiger charge is 2.23. The van der Waals surface area contributed by atoms with Crippen molar-refractivity contribution in [1.82, 2.24) is 5.32 Å². The molecule has 0 saturated heterocycles. The van der Waals surface area contributed by atoms with Gasteiger partial charge >= 0.3 is 0 Å². The van der Waals surface area contributed by atoms with Crippen LogP contribution in [0.5, 0.6) is 5.75 Å². The van der Waals surface area contributed by atoms with E-state index in [0.29, 0.717) is 22.2 Å². The third-order valence-corrected chi connectivity index (χ3v) is 3.35. The van der Waals surface area contributed by atoms with E-state index in [-0.39, 0.29) is 19.1 Å². The van der Waals surface area contributed by atoms with Crippen molar-refractivity contribution in [3.05, 3.63) is 28.2 Å². The first-order valence-corrected chi connectivity index (χ1v) is 6.65. The second kappa shape index (κ2) is 6.98. The van der Waals surface area contributed by atoms with Crippen molar-refractivity contribution in [1.29, 1.82) is 0 Å². The van der Waals surface area contributed by atoms with Crippen LogP contribution in [-0.2, 0) is 4.79 Å². The summed E-state index contributed by atoms with van der Waals surface area (Å²) < 4.78 is 5.30. The average Bonchev–Trinajstić information content (AvgIpc) is 2.37. The van der Waals surface area contributed by atoms with E-state index in [1.165, 1.54) is 0 Å². The van der Waals surface area contributed by atoms with Gasteiger partial charge in [0, 0.05) is 5.02 Å². The van der Waals surface area contributed by atoms with E-state index in [1.54, 1.807) is 25.1 Å². The summed E-state index contributed by atoms with van der Waals surface area (Å²) in [4.78, 5) is 11.7. The van der Waals surface area contributed by atoms with E-state index in [4.69, 9.17) is 27.9 Å². The Morgan fingerprint density at radius 3 is 2.68 bits per heavy atom. The van der Waals surface area contributed by atoms with E-state index in [9.17, 15) is 9.90 Å². The summed E-state index contributed by atoms with van der Waals surface area (Å²) in [6, 6.07) is 4.77. The van der Waals surface area contributed by atoms with Gasteiger partial charge in [0.15, 0.2) is 6.61 Å². The van der Waals surface area contributed by atoms with Gasteiger partial charge in [-0.2, -0.15) is 0 Å². The van der Waals surface area contributed by atoms with Crippen LogP contribution in [0.15, 0.2) is 18.2 Å². The van der Waals surface area contributed by atoms with Crippen LogP contribution in [0.4, 0.5) is 0 Å². The number of carbonyl (C=O) groups excluding carboxylic acids is 1. The Kier molecular flexibility index (Phi) is 5.91. The maximum atomic E-state index is 11.7. The molecule has 0 saturated carbocycles. The second-order valence-corrected chi connectivity index (χ2v) is 5.33. The van der Waals surface area contributed by atoms with E-state index >= 15 is 0 Å². The summed E-state index contributed by atoms with van der Waals surface area (Å²) in [6.07, 6.45) is 0.622. The lowest BCUT2D eigenvalue weighted by Crippen LogP contribution is -2.49. The van der Waals surface area contributed by atoms with Gasteiger partial charge in [-0.15, -0.1) is 0 Å². The first-order valence-electron chi connectivity index (χ1n) is 5.90. The van der Waals surface area contributed by atoms with Crippen LogP contribution < -0.4 is 10.1 Å². The summed E-state index contributed by atoms with van der Waals surface area (Å²) in [6.45, 7) is 3.35. The highest BCUT2D eigenvalue weighted by atomic mass is 35.5. The third kappa shape index (κ3) is 4.90. The summed E-state index contributed by atoms with van der Waals surface area (Å²) in [5.41, 5.74) is -0.635. The quantitative estimate of drug-likeness (QED) is 0.849. The molecular formula is C13H17Cl2NO3. The molecule has 1 unspecified atom stereocenters. The molecule has 1 aromatic rings. The molecule has 4 nitrogen and oxygen atoms in total. The highest BCUT2D eigenvalue weighted by Crippen LogP contribution is 2.27. The predicted molar refractivity (Wildman–Crippen MR) is 75.9 cm³/mol. The molecule has 0 aliphatic carbocycles. The van der Waals surface area contributed by atoms with Gasteiger partial charge in [-0.1, -0.05) is 30.1 Å². The fourth-order valence-corrected chi connectivity index (χ4v) is 1.81. The van der Waals surface area contributed by atoms with Crippen LogP contribution in [0.2, 0.25) is 10.0 Å². The summed E-state index contributed by atoms with van der Waals surface area (Å²) in [5, 5.41) is 12.8. The van der Waals surface area contributed by atoms with Gasteiger partial charge in [-0.3, -0.25) is 4.79 Å². The molecule has 2 N–H and O–H groups in total. The van der Waals surface area contributed by atoms with Crippen molar-refractivity contribution in [2.45, 2.75) is 25.8 Å². The lowest BCUT2D eigenvalue weighted by Gasteiger charge is -2.27. The minimum atomic E-state index is -0.635. The van der Waals surface area contributed by atoms with Gasteiger partial charge in [0.1, 0.15) is 5.75 Å².